The average Bonchev–Trinajstić information content (AvgIpc) is 3.26. The van der Waals surface area contributed by atoms with Crippen LogP contribution in [0.3, 0.4) is 0 Å². The van der Waals surface area contributed by atoms with Crippen molar-refractivity contribution < 1.29 is 13.9 Å². The van der Waals surface area contributed by atoms with Crippen molar-refractivity contribution in [1.82, 2.24) is 4.98 Å². The van der Waals surface area contributed by atoms with Crippen molar-refractivity contribution in [3.8, 4) is 22.1 Å². The van der Waals surface area contributed by atoms with Crippen molar-refractivity contribution in [2.24, 2.45) is 5.41 Å². The van der Waals surface area contributed by atoms with Crippen molar-refractivity contribution >= 4 is 42.7 Å². The van der Waals surface area contributed by atoms with Crippen molar-refractivity contribution in [2.75, 3.05) is 7.11 Å². The van der Waals surface area contributed by atoms with Gasteiger partial charge in [0.1, 0.15) is 16.5 Å². The lowest BCUT2D eigenvalue weighted by Gasteiger charge is -2.28. The second-order valence-corrected chi connectivity index (χ2v) is 13.8. The molecule has 4 rings (SSSR count). The van der Waals surface area contributed by atoms with Gasteiger partial charge in [0.05, 0.1) is 17.3 Å². The van der Waals surface area contributed by atoms with Gasteiger partial charge >= 0.3 is 0 Å². The van der Waals surface area contributed by atoms with E-state index in [0.29, 0.717) is 0 Å². The molecule has 0 aliphatic rings. The minimum absolute atomic E-state index is 0.146. The fourth-order valence-corrected chi connectivity index (χ4v) is 5.57. The van der Waals surface area contributed by atoms with Gasteiger partial charge in [-0.1, -0.05) is 69.3 Å². The van der Waals surface area contributed by atoms with Crippen molar-refractivity contribution in [1.29, 1.82) is 0 Å². The predicted molar refractivity (Wildman–Crippen MR) is 155 cm³/mol. The van der Waals surface area contributed by atoms with E-state index in [1.807, 2.05) is 30.3 Å². The number of benzene rings is 3. The lowest BCUT2D eigenvalue weighted by atomic mass is 9.92. The molecular formula is C30H35NO3SSi. The van der Waals surface area contributed by atoms with Crippen LogP contribution in [0.15, 0.2) is 66.7 Å². The van der Waals surface area contributed by atoms with E-state index in [1.54, 1.807) is 18.4 Å². The Morgan fingerprint density at radius 1 is 0.889 bits per heavy atom. The molecule has 0 aliphatic carbocycles. The molecule has 3 aromatic carbocycles. The number of aromatic nitrogens is 1. The summed E-state index contributed by atoms with van der Waals surface area (Å²) in [6, 6.07) is 22.7. The maximum absolute atomic E-state index is 6.19. The highest BCUT2D eigenvalue weighted by Crippen LogP contribution is 2.32. The highest BCUT2D eigenvalue weighted by atomic mass is 32.1. The molecule has 4 aromatic rings. The van der Waals surface area contributed by atoms with E-state index in [1.165, 1.54) is 0 Å². The van der Waals surface area contributed by atoms with E-state index < -0.39 is 9.04 Å². The zero-order chi connectivity index (χ0) is 25.7. The van der Waals surface area contributed by atoms with Crippen LogP contribution in [0.5, 0.6) is 11.5 Å². The smallest absolute Gasteiger partial charge is 0.191 e. The minimum Gasteiger partial charge on any atom is -0.497 e. The van der Waals surface area contributed by atoms with Crippen molar-refractivity contribution in [3.05, 3.63) is 77.9 Å². The minimum atomic E-state index is -1.20. The van der Waals surface area contributed by atoms with Crippen LogP contribution in [0.1, 0.15) is 38.3 Å². The zero-order valence-electron chi connectivity index (χ0n) is 21.9. The molecule has 0 bridgehead atoms. The largest absolute Gasteiger partial charge is 0.497 e. The quantitative estimate of drug-likeness (QED) is 0.127. The van der Waals surface area contributed by atoms with E-state index in [9.17, 15) is 0 Å². The van der Waals surface area contributed by atoms with Gasteiger partial charge in [-0.3, -0.25) is 0 Å². The molecule has 0 saturated heterocycles. The number of fused-ring (bicyclic) bond motifs is 1. The summed E-state index contributed by atoms with van der Waals surface area (Å²) in [6.45, 7) is 11.0. The third kappa shape index (κ3) is 7.29. The maximum Gasteiger partial charge on any atom is 0.191 e. The van der Waals surface area contributed by atoms with Crippen LogP contribution < -0.4 is 9.47 Å². The van der Waals surface area contributed by atoms with Gasteiger partial charge < -0.3 is 13.9 Å². The molecule has 6 heteroatoms. The van der Waals surface area contributed by atoms with Gasteiger partial charge in [-0.05, 0) is 60.0 Å². The molecule has 0 spiro atoms. The Labute approximate surface area is 220 Å². The van der Waals surface area contributed by atoms with Crippen LogP contribution in [-0.2, 0) is 4.43 Å². The standard InChI is InChI=1S/C30H35NO3SSi/c1-30(2,3)20-28(34-36(5)6)33-24-15-11-22(12-16-24)8-7-21-9-13-23(14-10-21)29-31-26-18-17-25(32-4)19-27(26)35-29/h7-19,28,36H,20H2,1-6H3/b8-7+. The first kappa shape index (κ1) is 26.1. The highest BCUT2D eigenvalue weighted by molar-refractivity contribution is 7.21. The second kappa shape index (κ2) is 11.4. The Balaban J connectivity index is 1.40. The Morgan fingerprint density at radius 3 is 2.08 bits per heavy atom. The Morgan fingerprint density at radius 2 is 1.50 bits per heavy atom. The number of methoxy groups -OCH3 is 1. The van der Waals surface area contributed by atoms with Gasteiger partial charge in [0.2, 0.25) is 0 Å². The lowest BCUT2D eigenvalue weighted by Crippen LogP contribution is -2.30. The summed E-state index contributed by atoms with van der Waals surface area (Å²) in [4.78, 5) is 4.77. The first-order chi connectivity index (χ1) is 17.2. The summed E-state index contributed by atoms with van der Waals surface area (Å²) in [6.07, 6.45) is 4.90. The molecule has 36 heavy (non-hydrogen) atoms. The number of ether oxygens (including phenoxy) is 2. The van der Waals surface area contributed by atoms with Crippen LogP contribution in [0, 0.1) is 5.41 Å². The Hall–Kier alpha value is -2.93. The number of nitrogens with zero attached hydrogens (tertiary/aromatic N) is 1. The molecule has 0 aliphatic heterocycles. The SMILES string of the molecule is COc1ccc2nc(-c3ccc(/C=C/c4ccc(OC(CC(C)(C)C)O[SiH](C)C)cc4)cc3)sc2c1. The molecule has 0 saturated carbocycles. The number of rotatable bonds is 9. The molecule has 4 nitrogen and oxygen atoms in total. The summed E-state index contributed by atoms with van der Waals surface area (Å²) in [7, 11) is 0.490. The molecule has 1 heterocycles. The summed E-state index contributed by atoms with van der Waals surface area (Å²) < 4.78 is 18.8. The van der Waals surface area contributed by atoms with Crippen LogP contribution in [-0.4, -0.2) is 27.4 Å². The molecule has 1 unspecified atom stereocenters. The summed E-state index contributed by atoms with van der Waals surface area (Å²) in [5.41, 5.74) is 4.52. The van der Waals surface area contributed by atoms with E-state index in [4.69, 9.17) is 18.9 Å². The van der Waals surface area contributed by atoms with Crippen LogP contribution in [0.4, 0.5) is 0 Å². The van der Waals surface area contributed by atoms with Gasteiger partial charge in [0.25, 0.3) is 0 Å². The Bertz CT molecular complexity index is 1310. The van der Waals surface area contributed by atoms with Crippen LogP contribution in [0.25, 0.3) is 32.9 Å². The molecule has 0 amide bonds. The van der Waals surface area contributed by atoms with Gasteiger partial charge in [-0.25, -0.2) is 4.98 Å². The fraction of sp³-hybridized carbons (Fsp3) is 0.300. The number of hydrogen-bond donors (Lipinski definition) is 0. The highest BCUT2D eigenvalue weighted by Gasteiger charge is 2.22. The van der Waals surface area contributed by atoms with E-state index in [0.717, 1.165) is 49.8 Å². The maximum atomic E-state index is 6.19. The van der Waals surface area contributed by atoms with Gasteiger partial charge in [0, 0.05) is 12.0 Å². The molecular weight excluding hydrogens is 482 g/mol. The normalized spacial score (nSPS) is 13.0. The van der Waals surface area contributed by atoms with Crippen LogP contribution in [0.2, 0.25) is 13.1 Å². The zero-order valence-corrected chi connectivity index (χ0v) is 23.9. The van der Waals surface area contributed by atoms with Gasteiger partial charge in [-0.2, -0.15) is 0 Å². The molecule has 1 atom stereocenters. The average molecular weight is 518 g/mol. The summed E-state index contributed by atoms with van der Waals surface area (Å²) in [5.74, 6) is 1.70. The monoisotopic (exact) mass is 517 g/mol. The van der Waals surface area contributed by atoms with Gasteiger partial charge in [0.15, 0.2) is 15.3 Å². The second-order valence-electron chi connectivity index (χ2n) is 10.4. The van der Waals surface area contributed by atoms with E-state index in [-0.39, 0.29) is 11.7 Å². The topological polar surface area (TPSA) is 40.6 Å². The van der Waals surface area contributed by atoms with E-state index >= 15 is 0 Å². The van der Waals surface area contributed by atoms with Crippen LogP contribution >= 0.6 is 11.3 Å². The molecule has 1 aromatic heterocycles. The predicted octanol–water partition coefficient (Wildman–Crippen LogP) is 8.28. The van der Waals surface area contributed by atoms with Crippen molar-refractivity contribution in [3.63, 3.8) is 0 Å². The fourth-order valence-electron chi connectivity index (χ4n) is 3.82. The summed E-state index contributed by atoms with van der Waals surface area (Å²) >= 11 is 1.68. The molecule has 0 radical (unpaired) electrons. The third-order valence-corrected chi connectivity index (χ3v) is 7.49. The Kier molecular flexibility index (Phi) is 8.29. The van der Waals surface area contributed by atoms with E-state index in [2.05, 4.69) is 82.4 Å². The van der Waals surface area contributed by atoms with Gasteiger partial charge in [-0.15, -0.1) is 11.3 Å². The molecule has 188 valence electrons. The number of thiazole rings is 1. The number of hydrogen-bond acceptors (Lipinski definition) is 5. The first-order valence-corrected chi connectivity index (χ1v) is 15.9. The molecule has 0 N–H and O–H groups in total. The summed E-state index contributed by atoms with van der Waals surface area (Å²) in [5, 5.41) is 1.01. The lowest BCUT2D eigenvalue weighted by molar-refractivity contribution is -0.0247. The molecule has 0 fully saturated rings. The third-order valence-electron chi connectivity index (χ3n) is 5.57. The van der Waals surface area contributed by atoms with Crippen molar-refractivity contribution in [2.45, 2.75) is 46.6 Å². The first-order valence-electron chi connectivity index (χ1n) is 12.3.